The predicted molar refractivity (Wildman–Crippen MR) is 112 cm³/mol. The number of rotatable bonds is 6. The van der Waals surface area contributed by atoms with Gasteiger partial charge in [0.2, 0.25) is 10.0 Å². The molecule has 2 aromatic carbocycles. The fourth-order valence-corrected chi connectivity index (χ4v) is 3.76. The Hall–Kier alpha value is -3.01. The van der Waals surface area contributed by atoms with Gasteiger partial charge < -0.3 is 4.90 Å². The van der Waals surface area contributed by atoms with E-state index in [-0.39, 0.29) is 4.90 Å². The van der Waals surface area contributed by atoms with E-state index in [1.807, 2.05) is 29.2 Å². The molecule has 0 aliphatic carbocycles. The molecule has 0 saturated carbocycles. The van der Waals surface area contributed by atoms with Gasteiger partial charge in [0.25, 0.3) is 0 Å². The molecule has 4 aromatic rings. The van der Waals surface area contributed by atoms with Gasteiger partial charge in [0.15, 0.2) is 5.65 Å². The summed E-state index contributed by atoms with van der Waals surface area (Å²) in [4.78, 5) is 10.8. The minimum absolute atomic E-state index is 0.0869. The average Bonchev–Trinajstić information content (AvgIpc) is 3.17. The van der Waals surface area contributed by atoms with Crippen LogP contribution in [-0.2, 0) is 16.4 Å². The topological polar surface area (TPSA) is 118 Å². The van der Waals surface area contributed by atoms with E-state index in [0.29, 0.717) is 29.5 Å². The molecule has 10 heteroatoms. The Morgan fingerprint density at radius 3 is 2.62 bits per heavy atom. The summed E-state index contributed by atoms with van der Waals surface area (Å²) in [5.41, 5.74) is 2.47. The lowest BCUT2D eigenvalue weighted by atomic mass is 10.1. The quantitative estimate of drug-likeness (QED) is 0.487. The molecule has 3 N–H and O–H groups in total. The van der Waals surface area contributed by atoms with Crippen LogP contribution in [0.5, 0.6) is 0 Å². The molecule has 0 fully saturated rings. The Bertz CT molecular complexity index is 1260. The number of halogens is 1. The van der Waals surface area contributed by atoms with Crippen molar-refractivity contribution in [3.63, 3.8) is 0 Å². The molecule has 2 heterocycles. The van der Waals surface area contributed by atoms with Crippen LogP contribution in [0.15, 0.2) is 66.0 Å². The monoisotopic (exact) mass is 428 g/mol. The maximum Gasteiger partial charge on any atom is 0.238 e. The summed E-state index contributed by atoms with van der Waals surface area (Å²) in [6, 6.07) is 14.0. The molecule has 2 aromatic heterocycles. The van der Waals surface area contributed by atoms with E-state index in [9.17, 15) is 8.42 Å². The first-order valence-electron chi connectivity index (χ1n) is 8.71. The van der Waals surface area contributed by atoms with Crippen molar-refractivity contribution in [2.24, 2.45) is 5.14 Å². The fraction of sp³-hybridized carbons (Fsp3) is 0.105. The number of H-pyrrole nitrogens is 1. The van der Waals surface area contributed by atoms with Crippen LogP contribution in [0.25, 0.3) is 11.0 Å². The zero-order chi connectivity index (χ0) is 20.4. The van der Waals surface area contributed by atoms with Crippen molar-refractivity contribution in [1.82, 2.24) is 20.2 Å². The second-order valence-electron chi connectivity index (χ2n) is 6.40. The lowest BCUT2D eigenvalue weighted by molar-refractivity contribution is 0.598. The minimum atomic E-state index is -3.71. The molecule has 29 heavy (non-hydrogen) atoms. The van der Waals surface area contributed by atoms with Crippen molar-refractivity contribution in [2.45, 2.75) is 11.3 Å². The van der Waals surface area contributed by atoms with Crippen LogP contribution in [0, 0.1) is 0 Å². The van der Waals surface area contributed by atoms with Crippen LogP contribution in [-0.4, -0.2) is 35.1 Å². The second-order valence-corrected chi connectivity index (χ2v) is 8.40. The molecule has 0 aliphatic rings. The van der Waals surface area contributed by atoms with E-state index in [0.717, 1.165) is 16.6 Å². The molecular formula is C19H17ClN6O2S. The van der Waals surface area contributed by atoms with Crippen molar-refractivity contribution in [3.05, 3.63) is 71.6 Å². The molecule has 0 saturated heterocycles. The molecular weight excluding hydrogens is 412 g/mol. The average molecular weight is 429 g/mol. The summed E-state index contributed by atoms with van der Waals surface area (Å²) in [5, 5.41) is 13.5. The van der Waals surface area contributed by atoms with Gasteiger partial charge in [0, 0.05) is 17.3 Å². The fourth-order valence-electron chi connectivity index (χ4n) is 3.06. The maximum atomic E-state index is 11.4. The zero-order valence-electron chi connectivity index (χ0n) is 15.2. The van der Waals surface area contributed by atoms with E-state index in [1.54, 1.807) is 18.3 Å². The molecule has 0 atom stereocenters. The number of aromatic nitrogens is 4. The highest BCUT2D eigenvalue weighted by Gasteiger charge is 2.16. The number of nitrogens with one attached hydrogen (secondary N) is 1. The van der Waals surface area contributed by atoms with Gasteiger partial charge in [-0.2, -0.15) is 5.10 Å². The largest absolute Gasteiger partial charge is 0.325 e. The number of nitrogens with zero attached hydrogens (tertiary/aromatic N) is 4. The van der Waals surface area contributed by atoms with Crippen LogP contribution in [0.3, 0.4) is 0 Å². The molecule has 8 nitrogen and oxygen atoms in total. The summed E-state index contributed by atoms with van der Waals surface area (Å²) in [6.45, 7) is 0.576. The Morgan fingerprint density at radius 1 is 1.10 bits per heavy atom. The van der Waals surface area contributed by atoms with E-state index in [2.05, 4.69) is 20.2 Å². The summed E-state index contributed by atoms with van der Waals surface area (Å²) < 4.78 is 22.9. The van der Waals surface area contributed by atoms with Crippen molar-refractivity contribution in [1.29, 1.82) is 0 Å². The van der Waals surface area contributed by atoms with Crippen LogP contribution >= 0.6 is 11.6 Å². The van der Waals surface area contributed by atoms with Gasteiger partial charge in [0.05, 0.1) is 16.5 Å². The zero-order valence-corrected chi connectivity index (χ0v) is 16.7. The number of hydrogen-bond donors (Lipinski definition) is 2. The summed E-state index contributed by atoms with van der Waals surface area (Å²) in [7, 11) is -3.71. The molecule has 0 amide bonds. The third-order valence-electron chi connectivity index (χ3n) is 4.48. The highest BCUT2D eigenvalue weighted by atomic mass is 35.5. The normalized spacial score (nSPS) is 11.7. The van der Waals surface area contributed by atoms with Crippen LogP contribution < -0.4 is 10.0 Å². The van der Waals surface area contributed by atoms with E-state index >= 15 is 0 Å². The number of sulfonamides is 1. The van der Waals surface area contributed by atoms with Gasteiger partial charge in [-0.05, 0) is 42.3 Å². The number of fused-ring (bicyclic) bond motifs is 1. The molecule has 0 bridgehead atoms. The van der Waals surface area contributed by atoms with Crippen molar-refractivity contribution >= 4 is 44.2 Å². The molecule has 0 radical (unpaired) electrons. The Labute approximate surface area is 172 Å². The number of aromatic amines is 1. The van der Waals surface area contributed by atoms with E-state index < -0.39 is 10.0 Å². The number of hydrogen-bond acceptors (Lipinski definition) is 6. The second kappa shape index (κ2) is 7.78. The minimum Gasteiger partial charge on any atom is -0.325 e. The first-order chi connectivity index (χ1) is 13.9. The standard InChI is InChI=1S/C19H17ClN6O2S/c20-14-2-1-3-15(10-14)26(19-17-11-24-25-18(17)22-12-23-19)9-8-13-4-6-16(7-5-13)29(21,27)28/h1-7,10-12H,8-9H2,(H2,21,27,28)(H,22,23,24,25). The van der Waals surface area contributed by atoms with Crippen LogP contribution in [0.4, 0.5) is 11.5 Å². The number of anilines is 2. The lowest BCUT2D eigenvalue weighted by Gasteiger charge is -2.24. The Kier molecular flexibility index (Phi) is 5.18. The van der Waals surface area contributed by atoms with Crippen LogP contribution in [0.1, 0.15) is 5.56 Å². The molecule has 148 valence electrons. The summed E-state index contributed by atoms with van der Waals surface area (Å²) in [6.07, 6.45) is 3.80. The predicted octanol–water partition coefficient (Wildman–Crippen LogP) is 3.03. The first kappa shape index (κ1) is 19.3. The third kappa shape index (κ3) is 4.21. The van der Waals surface area contributed by atoms with Crippen molar-refractivity contribution < 1.29 is 8.42 Å². The van der Waals surface area contributed by atoms with Crippen LogP contribution in [0.2, 0.25) is 5.02 Å². The molecule has 4 rings (SSSR count). The molecule has 0 aliphatic heterocycles. The first-order valence-corrected chi connectivity index (χ1v) is 10.6. The van der Waals surface area contributed by atoms with Gasteiger partial charge in [-0.3, -0.25) is 5.10 Å². The van der Waals surface area contributed by atoms with E-state index in [1.165, 1.54) is 18.5 Å². The lowest BCUT2D eigenvalue weighted by Crippen LogP contribution is -2.21. The van der Waals surface area contributed by atoms with E-state index in [4.69, 9.17) is 16.7 Å². The van der Waals surface area contributed by atoms with Gasteiger partial charge in [-0.25, -0.2) is 23.5 Å². The summed E-state index contributed by atoms with van der Waals surface area (Å²) in [5.74, 6) is 0.701. The Balaban J connectivity index is 1.67. The van der Waals surface area contributed by atoms with Crippen molar-refractivity contribution in [2.75, 3.05) is 11.4 Å². The number of primary sulfonamides is 1. The summed E-state index contributed by atoms with van der Waals surface area (Å²) >= 11 is 6.20. The smallest absolute Gasteiger partial charge is 0.238 e. The van der Waals surface area contributed by atoms with Gasteiger partial charge in [-0.15, -0.1) is 0 Å². The number of nitrogens with two attached hydrogens (primary N) is 1. The van der Waals surface area contributed by atoms with Crippen molar-refractivity contribution in [3.8, 4) is 0 Å². The SMILES string of the molecule is NS(=O)(=O)c1ccc(CCN(c2cccc(Cl)c2)c2ncnc3[nH]ncc23)cc1. The maximum absolute atomic E-state index is 11.4. The highest BCUT2D eigenvalue weighted by molar-refractivity contribution is 7.89. The van der Waals surface area contributed by atoms with Gasteiger partial charge >= 0.3 is 0 Å². The molecule has 0 spiro atoms. The van der Waals surface area contributed by atoms with Gasteiger partial charge in [0.1, 0.15) is 12.1 Å². The molecule has 0 unspecified atom stereocenters. The highest BCUT2D eigenvalue weighted by Crippen LogP contribution is 2.30. The number of benzene rings is 2. The third-order valence-corrected chi connectivity index (χ3v) is 5.64. The Morgan fingerprint density at radius 2 is 1.90 bits per heavy atom. The van der Waals surface area contributed by atoms with Gasteiger partial charge in [-0.1, -0.05) is 29.8 Å².